The van der Waals surface area contributed by atoms with E-state index in [1.54, 1.807) is 0 Å². The molecule has 0 fully saturated rings. The van der Waals surface area contributed by atoms with Crippen LogP contribution in [0.1, 0.15) is 20.3 Å². The van der Waals surface area contributed by atoms with Crippen LogP contribution in [0, 0.1) is 0 Å². The molecule has 0 saturated carbocycles. The Hall–Kier alpha value is -0.160. The molecule has 0 amide bonds. The molecule has 0 saturated heterocycles. The van der Waals surface area contributed by atoms with Crippen molar-refractivity contribution in [3.05, 3.63) is 20.8 Å². The first kappa shape index (κ1) is 11.9. The van der Waals surface area contributed by atoms with Crippen LogP contribution in [0.4, 0.5) is 0 Å². The molecule has 0 aromatic heterocycles. The van der Waals surface area contributed by atoms with E-state index in [0.717, 1.165) is 18.5 Å². The van der Waals surface area contributed by atoms with Crippen molar-refractivity contribution in [2.75, 3.05) is 11.5 Å². The SMILES string of the molecule is CCN=CC1=C([I-]C)C=C(C)[C@H](O)C1. The van der Waals surface area contributed by atoms with E-state index in [4.69, 9.17) is 0 Å². The van der Waals surface area contributed by atoms with Crippen molar-refractivity contribution >= 4 is 6.21 Å². The van der Waals surface area contributed by atoms with Gasteiger partial charge in [-0.15, -0.1) is 0 Å². The second kappa shape index (κ2) is 5.66. The molecule has 1 N–H and O–H groups in total. The van der Waals surface area contributed by atoms with Crippen LogP contribution >= 0.6 is 0 Å². The van der Waals surface area contributed by atoms with Crippen molar-refractivity contribution in [1.82, 2.24) is 0 Å². The van der Waals surface area contributed by atoms with E-state index in [-0.39, 0.29) is 27.3 Å². The number of allylic oxidation sites excluding steroid dienone is 2. The summed E-state index contributed by atoms with van der Waals surface area (Å²) < 4.78 is 1.42. The molecule has 0 heterocycles. The van der Waals surface area contributed by atoms with Gasteiger partial charge in [0.25, 0.3) is 0 Å². The summed E-state index contributed by atoms with van der Waals surface area (Å²) >= 11 is 0.0826. The third kappa shape index (κ3) is 2.92. The van der Waals surface area contributed by atoms with Crippen LogP contribution < -0.4 is 21.2 Å². The molecule has 1 atom stereocenters. The maximum atomic E-state index is 9.71. The fourth-order valence-corrected chi connectivity index (χ4v) is 3.20. The average Bonchev–Trinajstić information content (AvgIpc) is 2.19. The molecule has 1 rings (SSSR count). The number of nitrogens with zero attached hydrogens (tertiary/aromatic N) is 1. The zero-order valence-corrected chi connectivity index (χ0v) is 11.1. The van der Waals surface area contributed by atoms with Gasteiger partial charge >= 0.3 is 96.2 Å². The van der Waals surface area contributed by atoms with E-state index < -0.39 is 0 Å². The van der Waals surface area contributed by atoms with Gasteiger partial charge in [-0.05, 0) is 0 Å². The number of hydrogen-bond donors (Lipinski definition) is 1. The van der Waals surface area contributed by atoms with Gasteiger partial charge in [-0.1, -0.05) is 0 Å². The molecule has 1 aliphatic carbocycles. The molecule has 14 heavy (non-hydrogen) atoms. The molecular weight excluding hydrogens is 289 g/mol. The molecule has 0 radical (unpaired) electrons. The van der Waals surface area contributed by atoms with Crippen molar-refractivity contribution in [3.8, 4) is 0 Å². The Bertz CT molecular complexity index is 292. The number of hydrogen-bond acceptors (Lipinski definition) is 2. The summed E-state index contributed by atoms with van der Waals surface area (Å²) in [5.41, 5.74) is 2.33. The number of halogens is 1. The number of rotatable bonds is 3. The van der Waals surface area contributed by atoms with Crippen LogP contribution in [0.5, 0.6) is 0 Å². The fourth-order valence-electron chi connectivity index (χ4n) is 1.35. The molecule has 0 bridgehead atoms. The van der Waals surface area contributed by atoms with E-state index in [1.165, 1.54) is 9.15 Å². The standard InChI is InChI=1S/C11H17INO/c1-4-13-7-9-6-11(14)8(2)5-10(9)12-3/h5,7,11,14H,4,6H2,1-3H3/q-1/t11-/m1/s1. The van der Waals surface area contributed by atoms with Gasteiger partial charge in [0.05, 0.1) is 0 Å². The summed E-state index contributed by atoms with van der Waals surface area (Å²) in [6.07, 6.45) is 4.52. The van der Waals surface area contributed by atoms with E-state index in [0.29, 0.717) is 0 Å². The number of aliphatic hydroxyl groups is 1. The predicted molar refractivity (Wildman–Crippen MR) is 56.4 cm³/mol. The molecule has 0 spiro atoms. The van der Waals surface area contributed by atoms with Gasteiger partial charge in [0.1, 0.15) is 0 Å². The molecule has 80 valence electrons. The van der Waals surface area contributed by atoms with E-state index in [2.05, 4.69) is 16.0 Å². The third-order valence-electron chi connectivity index (χ3n) is 2.23. The van der Waals surface area contributed by atoms with Crippen LogP contribution in [-0.4, -0.2) is 28.9 Å². The zero-order chi connectivity index (χ0) is 10.6. The molecule has 1 aliphatic rings. The van der Waals surface area contributed by atoms with Gasteiger partial charge in [-0.3, -0.25) is 0 Å². The molecule has 0 aliphatic heterocycles. The normalized spacial score (nSPS) is 23.4. The number of aliphatic hydroxyl groups excluding tert-OH is 1. The van der Waals surface area contributed by atoms with Crippen LogP contribution in [0.2, 0.25) is 0 Å². The van der Waals surface area contributed by atoms with Crippen LogP contribution in [-0.2, 0) is 0 Å². The zero-order valence-electron chi connectivity index (χ0n) is 8.92. The number of alkyl halides is 1. The molecule has 0 aromatic rings. The van der Waals surface area contributed by atoms with Crippen molar-refractivity contribution in [1.29, 1.82) is 0 Å². The Kier molecular flexibility index (Phi) is 4.81. The van der Waals surface area contributed by atoms with Crippen LogP contribution in [0.3, 0.4) is 0 Å². The first-order valence-electron chi connectivity index (χ1n) is 4.77. The molecular formula is C11H17INO-. The quantitative estimate of drug-likeness (QED) is 0.395. The van der Waals surface area contributed by atoms with E-state index >= 15 is 0 Å². The molecule has 0 aromatic carbocycles. The van der Waals surface area contributed by atoms with Crippen molar-refractivity contribution in [2.45, 2.75) is 26.4 Å². The van der Waals surface area contributed by atoms with Crippen LogP contribution in [0.25, 0.3) is 0 Å². The van der Waals surface area contributed by atoms with E-state index in [1.807, 2.05) is 20.1 Å². The fraction of sp³-hybridized carbons (Fsp3) is 0.545. The maximum absolute atomic E-state index is 9.71. The molecule has 0 unspecified atom stereocenters. The average molecular weight is 306 g/mol. The van der Waals surface area contributed by atoms with Gasteiger partial charge in [0.15, 0.2) is 0 Å². The minimum absolute atomic E-state index is 0.0826. The minimum atomic E-state index is -0.299. The van der Waals surface area contributed by atoms with Crippen molar-refractivity contribution in [3.63, 3.8) is 0 Å². The Balaban J connectivity index is 2.91. The summed E-state index contributed by atoms with van der Waals surface area (Å²) in [6.45, 7) is 4.84. The Morgan fingerprint density at radius 2 is 2.43 bits per heavy atom. The summed E-state index contributed by atoms with van der Waals surface area (Å²) in [6, 6.07) is 0. The second-order valence-corrected chi connectivity index (χ2v) is 5.54. The number of aliphatic imine (C=N–C) groups is 1. The summed E-state index contributed by atoms with van der Waals surface area (Å²) in [5, 5.41) is 9.71. The Labute approximate surface area is 96.1 Å². The molecule has 2 nitrogen and oxygen atoms in total. The monoisotopic (exact) mass is 306 g/mol. The predicted octanol–water partition coefficient (Wildman–Crippen LogP) is -1.24. The first-order chi connectivity index (χ1) is 6.69. The van der Waals surface area contributed by atoms with Gasteiger partial charge in [0.2, 0.25) is 0 Å². The molecule has 3 heteroatoms. The van der Waals surface area contributed by atoms with E-state index in [9.17, 15) is 5.11 Å². The van der Waals surface area contributed by atoms with Gasteiger partial charge in [0, 0.05) is 0 Å². The van der Waals surface area contributed by atoms with Crippen LogP contribution in [0.15, 0.2) is 25.8 Å². The summed E-state index contributed by atoms with van der Waals surface area (Å²) in [5.74, 6) is 0. The topological polar surface area (TPSA) is 32.6 Å². The third-order valence-corrected chi connectivity index (χ3v) is 4.40. The van der Waals surface area contributed by atoms with Crippen molar-refractivity contribution in [2.24, 2.45) is 4.99 Å². The van der Waals surface area contributed by atoms with Gasteiger partial charge in [-0.2, -0.15) is 0 Å². The Morgan fingerprint density at radius 1 is 1.71 bits per heavy atom. The van der Waals surface area contributed by atoms with Gasteiger partial charge < -0.3 is 0 Å². The first-order valence-corrected chi connectivity index (χ1v) is 8.01. The Morgan fingerprint density at radius 3 is 3.00 bits per heavy atom. The van der Waals surface area contributed by atoms with Gasteiger partial charge in [-0.25, -0.2) is 0 Å². The second-order valence-electron chi connectivity index (χ2n) is 3.30. The van der Waals surface area contributed by atoms with Crippen molar-refractivity contribution < 1.29 is 26.3 Å². The summed E-state index contributed by atoms with van der Waals surface area (Å²) in [4.78, 5) is 6.49. The summed E-state index contributed by atoms with van der Waals surface area (Å²) in [7, 11) is 0.